The number of rotatable bonds is 4. The summed E-state index contributed by atoms with van der Waals surface area (Å²) in [4.78, 5) is 0. The van der Waals surface area contributed by atoms with E-state index < -0.39 is 0 Å². The molecule has 1 aliphatic heterocycles. The van der Waals surface area contributed by atoms with Gasteiger partial charge in [0, 0.05) is 17.3 Å². The van der Waals surface area contributed by atoms with Gasteiger partial charge < -0.3 is 20.5 Å². The summed E-state index contributed by atoms with van der Waals surface area (Å²) in [7, 11) is 0. The summed E-state index contributed by atoms with van der Waals surface area (Å²) in [5.41, 5.74) is 7.90. The third-order valence-electron chi connectivity index (χ3n) is 3.22. The van der Waals surface area contributed by atoms with Crippen LogP contribution in [0, 0.1) is 0 Å². The van der Waals surface area contributed by atoms with Crippen molar-refractivity contribution in [3.63, 3.8) is 0 Å². The number of hydrogen-bond acceptors (Lipinski definition) is 4. The lowest BCUT2D eigenvalue weighted by molar-refractivity contribution is 0.174. The predicted molar refractivity (Wildman–Crippen MR) is 79.4 cm³/mol. The van der Waals surface area contributed by atoms with E-state index in [1.165, 1.54) is 0 Å². The summed E-state index contributed by atoms with van der Waals surface area (Å²) in [5.74, 6) is 1.54. The fraction of sp³-hybridized carbons (Fsp3) is 0.200. The van der Waals surface area contributed by atoms with E-state index in [0.717, 1.165) is 22.7 Å². The van der Waals surface area contributed by atoms with E-state index in [1.807, 2.05) is 42.5 Å². The van der Waals surface area contributed by atoms with E-state index in [1.54, 1.807) is 0 Å². The molecule has 0 aromatic heterocycles. The van der Waals surface area contributed by atoms with Crippen molar-refractivity contribution in [1.82, 2.24) is 0 Å². The first kappa shape index (κ1) is 13.1. The van der Waals surface area contributed by atoms with Crippen LogP contribution in [0.2, 0.25) is 5.02 Å². The van der Waals surface area contributed by atoms with Crippen LogP contribution in [0.25, 0.3) is 0 Å². The van der Waals surface area contributed by atoms with Gasteiger partial charge in [-0.1, -0.05) is 17.7 Å². The molecule has 0 radical (unpaired) electrons. The quantitative estimate of drug-likeness (QED) is 0.908. The average Bonchev–Trinajstić information content (AvgIpc) is 2.94. The van der Waals surface area contributed by atoms with Gasteiger partial charge in [-0.3, -0.25) is 0 Å². The van der Waals surface area contributed by atoms with Gasteiger partial charge in [0.25, 0.3) is 0 Å². The molecule has 0 saturated carbocycles. The Morgan fingerprint density at radius 1 is 1.10 bits per heavy atom. The van der Waals surface area contributed by atoms with E-state index in [2.05, 4.69) is 5.32 Å². The van der Waals surface area contributed by atoms with Crippen LogP contribution in [0.3, 0.4) is 0 Å². The lowest BCUT2D eigenvalue weighted by atomic mass is 10.1. The van der Waals surface area contributed by atoms with Crippen LogP contribution in [-0.2, 0) is 0 Å². The van der Waals surface area contributed by atoms with Crippen LogP contribution >= 0.6 is 11.6 Å². The predicted octanol–water partition coefficient (Wildman–Crippen LogP) is 3.18. The van der Waals surface area contributed by atoms with Crippen molar-refractivity contribution in [3.05, 3.63) is 53.1 Å². The minimum absolute atomic E-state index is 0.00526. The molecule has 104 valence electrons. The topological polar surface area (TPSA) is 56.5 Å². The van der Waals surface area contributed by atoms with E-state index in [-0.39, 0.29) is 12.8 Å². The van der Waals surface area contributed by atoms with Gasteiger partial charge in [-0.05, 0) is 42.0 Å². The second kappa shape index (κ2) is 5.61. The van der Waals surface area contributed by atoms with E-state index in [9.17, 15) is 0 Å². The number of nitrogens with one attached hydrogen (secondary N) is 1. The maximum atomic E-state index is 5.88. The van der Waals surface area contributed by atoms with Crippen LogP contribution in [0.1, 0.15) is 11.6 Å². The molecule has 2 aromatic carbocycles. The molecular weight excluding hydrogens is 276 g/mol. The highest BCUT2D eigenvalue weighted by molar-refractivity contribution is 6.30. The van der Waals surface area contributed by atoms with Crippen LogP contribution in [0.5, 0.6) is 11.5 Å². The molecule has 20 heavy (non-hydrogen) atoms. The van der Waals surface area contributed by atoms with Gasteiger partial charge in [0.2, 0.25) is 6.79 Å². The smallest absolute Gasteiger partial charge is 0.231 e. The molecule has 1 heterocycles. The first-order valence-electron chi connectivity index (χ1n) is 6.38. The number of hydrogen-bond donors (Lipinski definition) is 2. The molecule has 5 heteroatoms. The molecule has 1 atom stereocenters. The van der Waals surface area contributed by atoms with Gasteiger partial charge in [0.1, 0.15) is 0 Å². The van der Waals surface area contributed by atoms with Crippen LogP contribution in [-0.4, -0.2) is 13.3 Å². The molecule has 1 aliphatic rings. The fourth-order valence-electron chi connectivity index (χ4n) is 2.16. The molecule has 2 aromatic rings. The van der Waals surface area contributed by atoms with Gasteiger partial charge in [-0.25, -0.2) is 0 Å². The highest BCUT2D eigenvalue weighted by Crippen LogP contribution is 2.34. The largest absolute Gasteiger partial charge is 0.454 e. The Balaban J connectivity index is 1.81. The van der Waals surface area contributed by atoms with Crippen molar-refractivity contribution in [2.24, 2.45) is 5.73 Å². The second-order valence-electron chi connectivity index (χ2n) is 4.55. The molecule has 0 bridgehead atoms. The molecule has 0 spiro atoms. The Hall–Kier alpha value is -1.91. The van der Waals surface area contributed by atoms with Crippen molar-refractivity contribution >= 4 is 17.3 Å². The number of nitrogens with two attached hydrogens (primary N) is 1. The zero-order valence-corrected chi connectivity index (χ0v) is 11.6. The normalized spacial score (nSPS) is 14.1. The number of halogens is 1. The Morgan fingerprint density at radius 2 is 1.85 bits per heavy atom. The Kier molecular flexibility index (Phi) is 3.67. The number of anilines is 1. The zero-order valence-electron chi connectivity index (χ0n) is 10.8. The third-order valence-corrected chi connectivity index (χ3v) is 3.47. The fourth-order valence-corrected chi connectivity index (χ4v) is 2.28. The molecule has 4 nitrogen and oxygen atoms in total. The Labute approximate surface area is 122 Å². The monoisotopic (exact) mass is 290 g/mol. The summed E-state index contributed by atoms with van der Waals surface area (Å²) in [6.45, 7) is 0.749. The Morgan fingerprint density at radius 3 is 2.60 bits per heavy atom. The molecule has 3 rings (SSSR count). The van der Waals surface area contributed by atoms with Crippen molar-refractivity contribution in [2.45, 2.75) is 6.04 Å². The lowest BCUT2D eigenvalue weighted by Gasteiger charge is -2.19. The lowest BCUT2D eigenvalue weighted by Crippen LogP contribution is -2.20. The third kappa shape index (κ3) is 2.66. The van der Waals surface area contributed by atoms with Crippen molar-refractivity contribution in [1.29, 1.82) is 0 Å². The molecule has 0 aliphatic carbocycles. The molecule has 0 saturated heterocycles. The molecular formula is C15H15ClN2O2. The summed E-state index contributed by atoms with van der Waals surface area (Å²) in [6.07, 6.45) is 0. The summed E-state index contributed by atoms with van der Waals surface area (Å²) in [6, 6.07) is 13.4. The molecule has 1 unspecified atom stereocenters. The van der Waals surface area contributed by atoms with Crippen molar-refractivity contribution < 1.29 is 9.47 Å². The Bertz CT molecular complexity index is 601. The summed E-state index contributed by atoms with van der Waals surface area (Å²) in [5, 5.41) is 4.09. The highest BCUT2D eigenvalue weighted by Gasteiger charge is 2.17. The van der Waals surface area contributed by atoms with E-state index in [0.29, 0.717) is 11.6 Å². The highest BCUT2D eigenvalue weighted by atomic mass is 35.5. The van der Waals surface area contributed by atoms with Gasteiger partial charge in [0.05, 0.1) is 6.04 Å². The molecule has 0 fully saturated rings. The van der Waals surface area contributed by atoms with Crippen LogP contribution in [0.15, 0.2) is 42.5 Å². The first-order valence-corrected chi connectivity index (χ1v) is 6.76. The number of ether oxygens (including phenoxy) is 2. The number of fused-ring (bicyclic) bond motifs is 1. The molecule has 0 amide bonds. The van der Waals surface area contributed by atoms with Crippen LogP contribution in [0.4, 0.5) is 5.69 Å². The molecule has 3 N–H and O–H groups in total. The minimum Gasteiger partial charge on any atom is -0.454 e. The van der Waals surface area contributed by atoms with Crippen molar-refractivity contribution in [3.8, 4) is 11.5 Å². The van der Waals surface area contributed by atoms with Gasteiger partial charge in [-0.2, -0.15) is 0 Å². The second-order valence-corrected chi connectivity index (χ2v) is 4.99. The maximum absolute atomic E-state index is 5.88. The SMILES string of the molecule is NCC(Nc1ccc(Cl)cc1)c1ccc2c(c1)OCO2. The minimum atomic E-state index is 0.00526. The maximum Gasteiger partial charge on any atom is 0.231 e. The summed E-state index contributed by atoms with van der Waals surface area (Å²) < 4.78 is 10.7. The van der Waals surface area contributed by atoms with Crippen molar-refractivity contribution in [2.75, 3.05) is 18.7 Å². The average molecular weight is 291 g/mol. The first-order chi connectivity index (χ1) is 9.76. The van der Waals surface area contributed by atoms with Crippen LogP contribution < -0.4 is 20.5 Å². The van der Waals surface area contributed by atoms with Gasteiger partial charge >= 0.3 is 0 Å². The van der Waals surface area contributed by atoms with E-state index >= 15 is 0 Å². The zero-order chi connectivity index (χ0) is 13.9. The van der Waals surface area contributed by atoms with Gasteiger partial charge in [0.15, 0.2) is 11.5 Å². The summed E-state index contributed by atoms with van der Waals surface area (Å²) >= 11 is 5.88. The van der Waals surface area contributed by atoms with Gasteiger partial charge in [-0.15, -0.1) is 0 Å². The number of benzene rings is 2. The standard InChI is InChI=1S/C15H15ClN2O2/c16-11-2-4-12(5-3-11)18-13(8-17)10-1-6-14-15(7-10)20-9-19-14/h1-7,13,18H,8-9,17H2. The van der Waals surface area contributed by atoms with E-state index in [4.69, 9.17) is 26.8 Å².